The maximum Gasteiger partial charge on any atom is 0.255 e. The predicted molar refractivity (Wildman–Crippen MR) is 106 cm³/mol. The number of aromatic nitrogens is 4. The average Bonchev–Trinajstić information content (AvgIpc) is 3.07. The maximum atomic E-state index is 12.8. The summed E-state index contributed by atoms with van der Waals surface area (Å²) >= 11 is 5.94. The molecule has 0 aromatic carbocycles. The van der Waals surface area contributed by atoms with Crippen molar-refractivity contribution in [3.8, 4) is 0 Å². The molecule has 28 heavy (non-hydrogen) atoms. The number of piperidine rings is 1. The van der Waals surface area contributed by atoms with Gasteiger partial charge in [0.05, 0.1) is 36.3 Å². The van der Waals surface area contributed by atoms with Gasteiger partial charge in [-0.15, -0.1) is 0 Å². The Morgan fingerprint density at radius 1 is 1.11 bits per heavy atom. The van der Waals surface area contributed by atoms with Crippen molar-refractivity contribution in [1.82, 2.24) is 19.9 Å². The first-order chi connectivity index (χ1) is 13.6. The number of morpholine rings is 1. The van der Waals surface area contributed by atoms with Crippen LogP contribution in [0.2, 0.25) is 5.02 Å². The molecule has 148 valence electrons. The molecule has 1 aliphatic carbocycles. The minimum atomic E-state index is -0.119. The highest BCUT2D eigenvalue weighted by Gasteiger charge is 2.45. The summed E-state index contributed by atoms with van der Waals surface area (Å²) in [4.78, 5) is 33.9. The van der Waals surface area contributed by atoms with E-state index < -0.39 is 0 Å². The quantitative estimate of drug-likeness (QED) is 0.815. The molecule has 0 amide bonds. The zero-order valence-corrected chi connectivity index (χ0v) is 16.4. The standard InChI is InChI=1S/C19H23ClN6O2/c20-13-10-21-17(22-11-13)26-5-1-3-19(12-26)4-2-14-15(19)23-18(24-16(14)27)25-6-8-28-9-7-25/h10-11H,1-9,12H2,(H,23,24,27). The highest BCUT2D eigenvalue weighted by Crippen LogP contribution is 2.43. The second-order valence-electron chi connectivity index (χ2n) is 7.82. The van der Waals surface area contributed by atoms with Gasteiger partial charge in [0.2, 0.25) is 11.9 Å². The number of fused-ring (bicyclic) bond motifs is 2. The zero-order chi connectivity index (χ0) is 19.1. The fourth-order valence-corrected chi connectivity index (χ4v) is 4.83. The Kier molecular flexibility index (Phi) is 4.47. The summed E-state index contributed by atoms with van der Waals surface area (Å²) in [5, 5.41) is 0.532. The molecule has 0 radical (unpaired) electrons. The van der Waals surface area contributed by atoms with E-state index in [2.05, 4.69) is 24.8 Å². The predicted octanol–water partition coefficient (Wildman–Crippen LogP) is 1.53. The van der Waals surface area contributed by atoms with Crippen molar-refractivity contribution in [2.24, 2.45) is 0 Å². The number of nitrogens with one attached hydrogen (secondary N) is 1. The lowest BCUT2D eigenvalue weighted by atomic mass is 9.77. The molecule has 8 nitrogen and oxygen atoms in total. The summed E-state index contributed by atoms with van der Waals surface area (Å²) in [5.74, 6) is 1.36. The largest absolute Gasteiger partial charge is 0.378 e. The van der Waals surface area contributed by atoms with Gasteiger partial charge in [-0.3, -0.25) is 9.78 Å². The fourth-order valence-electron chi connectivity index (χ4n) is 4.73. The van der Waals surface area contributed by atoms with E-state index in [4.69, 9.17) is 21.3 Å². The number of aromatic amines is 1. The van der Waals surface area contributed by atoms with Crippen molar-refractivity contribution in [1.29, 1.82) is 0 Å². The van der Waals surface area contributed by atoms with Crippen LogP contribution < -0.4 is 15.4 Å². The number of nitrogens with zero attached hydrogens (tertiary/aromatic N) is 5. The van der Waals surface area contributed by atoms with Gasteiger partial charge >= 0.3 is 0 Å². The molecule has 2 fully saturated rings. The Balaban J connectivity index is 1.49. The van der Waals surface area contributed by atoms with Crippen molar-refractivity contribution < 1.29 is 4.74 Å². The van der Waals surface area contributed by atoms with Crippen LogP contribution in [0, 0.1) is 0 Å². The van der Waals surface area contributed by atoms with Gasteiger partial charge in [0.1, 0.15) is 0 Å². The SMILES string of the molecule is O=c1[nH]c(N2CCOCC2)nc2c1CCC21CCCN(c2ncc(Cl)cn2)C1. The third kappa shape index (κ3) is 3.04. The van der Waals surface area contributed by atoms with Crippen LogP contribution in [0.1, 0.15) is 30.5 Å². The van der Waals surface area contributed by atoms with Crippen LogP contribution in [0.15, 0.2) is 17.2 Å². The zero-order valence-electron chi connectivity index (χ0n) is 15.7. The number of anilines is 2. The van der Waals surface area contributed by atoms with Gasteiger partial charge in [-0.1, -0.05) is 11.6 Å². The van der Waals surface area contributed by atoms with Gasteiger partial charge in [0.15, 0.2) is 0 Å². The van der Waals surface area contributed by atoms with E-state index in [1.54, 1.807) is 12.4 Å². The average molecular weight is 403 g/mol. The first-order valence-electron chi connectivity index (χ1n) is 9.83. The van der Waals surface area contributed by atoms with Gasteiger partial charge in [-0.05, 0) is 25.7 Å². The molecule has 2 aromatic rings. The van der Waals surface area contributed by atoms with Crippen LogP contribution >= 0.6 is 11.6 Å². The second-order valence-corrected chi connectivity index (χ2v) is 8.26. The van der Waals surface area contributed by atoms with Crippen LogP contribution in [0.4, 0.5) is 11.9 Å². The normalized spacial score (nSPS) is 24.6. The molecule has 1 spiro atoms. The summed E-state index contributed by atoms with van der Waals surface area (Å²) < 4.78 is 5.43. The number of hydrogen-bond acceptors (Lipinski definition) is 7. The highest BCUT2D eigenvalue weighted by atomic mass is 35.5. The molecular weight excluding hydrogens is 380 g/mol. The smallest absolute Gasteiger partial charge is 0.255 e. The fraction of sp³-hybridized carbons (Fsp3) is 0.579. The summed E-state index contributed by atoms with van der Waals surface area (Å²) in [6.07, 6.45) is 7.03. The van der Waals surface area contributed by atoms with Crippen LogP contribution in [-0.4, -0.2) is 59.3 Å². The molecule has 1 unspecified atom stereocenters. The Hall–Kier alpha value is -2.19. The van der Waals surface area contributed by atoms with Crippen LogP contribution in [-0.2, 0) is 16.6 Å². The van der Waals surface area contributed by atoms with E-state index in [0.29, 0.717) is 30.1 Å². The third-order valence-electron chi connectivity index (χ3n) is 6.14. The number of ether oxygens (including phenoxy) is 1. The molecule has 0 bridgehead atoms. The lowest BCUT2D eigenvalue weighted by Crippen LogP contribution is -2.46. The molecule has 2 aliphatic heterocycles. The van der Waals surface area contributed by atoms with Crippen molar-refractivity contribution in [3.05, 3.63) is 39.0 Å². The van der Waals surface area contributed by atoms with Crippen molar-refractivity contribution >= 4 is 23.5 Å². The van der Waals surface area contributed by atoms with Crippen LogP contribution in [0.3, 0.4) is 0 Å². The van der Waals surface area contributed by atoms with E-state index in [9.17, 15) is 4.79 Å². The molecule has 0 saturated carbocycles. The molecule has 1 atom stereocenters. The van der Waals surface area contributed by atoms with E-state index in [1.807, 2.05) is 0 Å². The van der Waals surface area contributed by atoms with E-state index in [0.717, 1.165) is 63.1 Å². The van der Waals surface area contributed by atoms with Crippen LogP contribution in [0.5, 0.6) is 0 Å². The van der Waals surface area contributed by atoms with Crippen molar-refractivity contribution in [2.45, 2.75) is 31.1 Å². The minimum absolute atomic E-state index is 0.00299. The highest BCUT2D eigenvalue weighted by molar-refractivity contribution is 6.30. The molecule has 2 saturated heterocycles. The summed E-state index contributed by atoms with van der Waals surface area (Å²) in [6, 6.07) is 0. The Morgan fingerprint density at radius 3 is 2.68 bits per heavy atom. The second kappa shape index (κ2) is 7.00. The molecule has 2 aromatic heterocycles. The molecular formula is C19H23ClN6O2. The summed E-state index contributed by atoms with van der Waals surface area (Å²) in [6.45, 7) is 4.50. The first kappa shape index (κ1) is 17.9. The van der Waals surface area contributed by atoms with E-state index >= 15 is 0 Å². The Bertz CT molecular complexity index is 927. The summed E-state index contributed by atoms with van der Waals surface area (Å²) in [5.41, 5.74) is 1.70. The van der Waals surface area contributed by atoms with Gasteiger partial charge < -0.3 is 14.5 Å². The van der Waals surface area contributed by atoms with Crippen molar-refractivity contribution in [3.63, 3.8) is 0 Å². The number of H-pyrrole nitrogens is 1. The molecule has 1 N–H and O–H groups in total. The lowest BCUT2D eigenvalue weighted by Gasteiger charge is -2.40. The number of rotatable bonds is 2. The topological polar surface area (TPSA) is 87.2 Å². The van der Waals surface area contributed by atoms with E-state index in [1.165, 1.54) is 0 Å². The Morgan fingerprint density at radius 2 is 1.89 bits per heavy atom. The number of halogens is 1. The lowest BCUT2D eigenvalue weighted by molar-refractivity contribution is 0.122. The van der Waals surface area contributed by atoms with Gasteiger partial charge in [0, 0.05) is 37.2 Å². The maximum absolute atomic E-state index is 12.8. The van der Waals surface area contributed by atoms with E-state index in [-0.39, 0.29) is 11.0 Å². The van der Waals surface area contributed by atoms with Gasteiger partial charge in [0.25, 0.3) is 5.56 Å². The molecule has 3 aliphatic rings. The molecule has 5 rings (SSSR count). The van der Waals surface area contributed by atoms with Crippen LogP contribution in [0.25, 0.3) is 0 Å². The minimum Gasteiger partial charge on any atom is -0.378 e. The van der Waals surface area contributed by atoms with Gasteiger partial charge in [-0.2, -0.15) is 0 Å². The monoisotopic (exact) mass is 402 g/mol. The van der Waals surface area contributed by atoms with Crippen molar-refractivity contribution in [2.75, 3.05) is 49.2 Å². The summed E-state index contributed by atoms with van der Waals surface area (Å²) in [7, 11) is 0. The number of hydrogen-bond donors (Lipinski definition) is 1. The molecule has 4 heterocycles. The first-order valence-corrected chi connectivity index (χ1v) is 10.2. The molecule has 9 heteroatoms. The third-order valence-corrected chi connectivity index (χ3v) is 6.33. The van der Waals surface area contributed by atoms with Gasteiger partial charge in [-0.25, -0.2) is 15.0 Å². The Labute approximate surface area is 167 Å².